The average molecular weight is 421 g/mol. The minimum absolute atomic E-state index is 0.238. The molecule has 164 valence electrons. The van der Waals surface area contributed by atoms with E-state index in [0.717, 1.165) is 36.1 Å². The molecule has 1 atom stereocenters. The fourth-order valence-corrected chi connectivity index (χ4v) is 3.67. The highest BCUT2D eigenvalue weighted by molar-refractivity contribution is 6.00. The van der Waals surface area contributed by atoms with Crippen molar-refractivity contribution in [2.45, 2.75) is 58.8 Å². The number of hydrogen-bond donors (Lipinski definition) is 0. The molecule has 0 N–H and O–H groups in total. The molecule has 0 radical (unpaired) electrons. The maximum Gasteiger partial charge on any atom is 0.343 e. The Bertz CT molecular complexity index is 894. The van der Waals surface area contributed by atoms with Crippen LogP contribution in [-0.4, -0.2) is 18.4 Å². The van der Waals surface area contributed by atoms with E-state index in [1.54, 1.807) is 36.4 Å². The molecule has 0 spiro atoms. The third kappa shape index (κ3) is 7.09. The van der Waals surface area contributed by atoms with Crippen molar-refractivity contribution < 1.29 is 19.1 Å². The van der Waals surface area contributed by atoms with Gasteiger partial charge in [0.2, 0.25) is 0 Å². The smallest absolute Gasteiger partial charge is 0.343 e. The summed E-state index contributed by atoms with van der Waals surface area (Å²) in [5.41, 5.74) is 2.31. The van der Waals surface area contributed by atoms with Crippen LogP contribution in [0.15, 0.2) is 54.1 Å². The van der Waals surface area contributed by atoms with E-state index in [1.165, 1.54) is 19.3 Å². The van der Waals surface area contributed by atoms with Crippen molar-refractivity contribution in [2.24, 2.45) is 5.92 Å². The van der Waals surface area contributed by atoms with Gasteiger partial charge >= 0.3 is 5.97 Å². The summed E-state index contributed by atoms with van der Waals surface area (Å²) in [5, 5.41) is 0. The van der Waals surface area contributed by atoms with Crippen molar-refractivity contribution in [3.63, 3.8) is 0 Å². The second kappa shape index (κ2) is 11.5. The summed E-state index contributed by atoms with van der Waals surface area (Å²) in [6.07, 6.45) is 9.02. The highest BCUT2D eigenvalue weighted by Crippen LogP contribution is 2.27. The van der Waals surface area contributed by atoms with Crippen LogP contribution >= 0.6 is 0 Å². The number of carbonyl (C=O) groups excluding carboxylic acids is 2. The van der Waals surface area contributed by atoms with E-state index in [4.69, 9.17) is 9.47 Å². The van der Waals surface area contributed by atoms with E-state index in [1.807, 2.05) is 18.2 Å². The van der Waals surface area contributed by atoms with Crippen LogP contribution in [-0.2, 0) is 4.79 Å². The number of allylic oxidation sites excluding steroid dienone is 1. The van der Waals surface area contributed by atoms with E-state index in [2.05, 4.69) is 13.8 Å². The van der Waals surface area contributed by atoms with Gasteiger partial charge in [-0.3, -0.25) is 4.79 Å². The summed E-state index contributed by atoms with van der Waals surface area (Å²) in [7, 11) is 0. The van der Waals surface area contributed by atoms with E-state index in [0.29, 0.717) is 30.3 Å². The maximum absolute atomic E-state index is 12.4. The van der Waals surface area contributed by atoms with Crippen LogP contribution in [0.5, 0.6) is 11.5 Å². The van der Waals surface area contributed by atoms with Crippen molar-refractivity contribution in [3.8, 4) is 11.5 Å². The van der Waals surface area contributed by atoms with Gasteiger partial charge in [0.25, 0.3) is 0 Å². The quantitative estimate of drug-likeness (QED) is 0.197. The van der Waals surface area contributed by atoms with E-state index >= 15 is 0 Å². The number of ether oxygens (including phenoxy) is 2. The van der Waals surface area contributed by atoms with Gasteiger partial charge in [0.15, 0.2) is 5.78 Å². The van der Waals surface area contributed by atoms with Crippen molar-refractivity contribution in [2.75, 3.05) is 6.61 Å². The molecule has 2 aromatic carbocycles. The van der Waals surface area contributed by atoms with Crippen LogP contribution in [0.3, 0.4) is 0 Å². The van der Waals surface area contributed by atoms with Crippen LogP contribution in [0.25, 0.3) is 6.08 Å². The van der Waals surface area contributed by atoms with Crippen molar-refractivity contribution in [1.29, 1.82) is 0 Å². The molecule has 0 amide bonds. The van der Waals surface area contributed by atoms with Crippen LogP contribution in [0, 0.1) is 5.92 Å². The largest absolute Gasteiger partial charge is 0.494 e. The predicted molar refractivity (Wildman–Crippen MR) is 123 cm³/mol. The summed E-state index contributed by atoms with van der Waals surface area (Å²) in [4.78, 5) is 24.5. The van der Waals surface area contributed by atoms with Crippen LogP contribution in [0.1, 0.15) is 74.7 Å². The number of hydrogen-bond acceptors (Lipinski definition) is 4. The first-order valence-electron chi connectivity index (χ1n) is 11.3. The molecule has 4 heteroatoms. The molecule has 0 bridgehead atoms. The fourth-order valence-electron chi connectivity index (χ4n) is 3.67. The molecular weight excluding hydrogens is 388 g/mol. The summed E-state index contributed by atoms with van der Waals surface area (Å²) >= 11 is 0. The summed E-state index contributed by atoms with van der Waals surface area (Å²) in [6, 6.07) is 14.3. The molecular formula is C27H32O4. The molecule has 4 nitrogen and oxygen atoms in total. The molecule has 2 aromatic rings. The third-order valence-corrected chi connectivity index (χ3v) is 5.58. The summed E-state index contributed by atoms with van der Waals surface area (Å²) in [5.74, 6) is 1.62. The number of ketones is 1. The number of rotatable bonds is 9. The Hall–Kier alpha value is -2.88. The molecule has 1 unspecified atom stereocenters. The van der Waals surface area contributed by atoms with Gasteiger partial charge in [-0.1, -0.05) is 45.2 Å². The predicted octanol–water partition coefficient (Wildman–Crippen LogP) is 6.64. The first-order chi connectivity index (χ1) is 15.0. The van der Waals surface area contributed by atoms with Crippen LogP contribution in [0.2, 0.25) is 0 Å². The Morgan fingerprint density at radius 1 is 1.00 bits per heavy atom. The molecule has 1 saturated carbocycles. The lowest BCUT2D eigenvalue weighted by Gasteiger charge is -2.19. The van der Waals surface area contributed by atoms with E-state index in [-0.39, 0.29) is 5.78 Å². The highest BCUT2D eigenvalue weighted by atomic mass is 16.5. The summed E-state index contributed by atoms with van der Waals surface area (Å²) < 4.78 is 11.2. The third-order valence-electron chi connectivity index (χ3n) is 5.58. The molecule has 1 aliphatic carbocycles. The lowest BCUT2D eigenvalue weighted by molar-refractivity contribution is -0.116. The van der Waals surface area contributed by atoms with Crippen molar-refractivity contribution >= 4 is 17.8 Å². The zero-order valence-corrected chi connectivity index (χ0v) is 18.6. The average Bonchev–Trinajstić information content (AvgIpc) is 2.78. The number of unbranched alkanes of at least 4 members (excludes halogenated alkanes) is 3. The molecule has 31 heavy (non-hydrogen) atoms. The zero-order chi connectivity index (χ0) is 22.1. The van der Waals surface area contributed by atoms with Gasteiger partial charge in [-0.15, -0.1) is 0 Å². The van der Waals surface area contributed by atoms with Crippen molar-refractivity contribution in [3.05, 3.63) is 65.2 Å². The number of esters is 1. The minimum atomic E-state index is -0.406. The minimum Gasteiger partial charge on any atom is -0.494 e. The first-order valence-corrected chi connectivity index (χ1v) is 11.3. The zero-order valence-electron chi connectivity index (χ0n) is 18.6. The molecule has 0 heterocycles. The number of benzene rings is 2. The molecule has 0 aliphatic heterocycles. The molecule has 0 saturated heterocycles. The van der Waals surface area contributed by atoms with Crippen LogP contribution < -0.4 is 9.47 Å². The van der Waals surface area contributed by atoms with Gasteiger partial charge in [-0.25, -0.2) is 4.79 Å². The van der Waals surface area contributed by atoms with Gasteiger partial charge in [0, 0.05) is 6.42 Å². The molecule has 1 aliphatic rings. The second-order valence-corrected chi connectivity index (χ2v) is 8.33. The monoisotopic (exact) mass is 420 g/mol. The molecule has 1 fully saturated rings. The second-order valence-electron chi connectivity index (χ2n) is 8.33. The fraction of sp³-hybridized carbons (Fsp3) is 0.407. The number of carbonyl (C=O) groups is 2. The molecule has 0 aromatic heterocycles. The van der Waals surface area contributed by atoms with Gasteiger partial charge < -0.3 is 9.47 Å². The first kappa shape index (κ1) is 22.8. The van der Waals surface area contributed by atoms with Gasteiger partial charge in [-0.05, 0) is 78.8 Å². The van der Waals surface area contributed by atoms with Gasteiger partial charge in [0.1, 0.15) is 11.5 Å². The van der Waals surface area contributed by atoms with Crippen LogP contribution in [0.4, 0.5) is 0 Å². The Balaban J connectivity index is 1.53. The summed E-state index contributed by atoms with van der Waals surface area (Å²) in [6.45, 7) is 5.05. The van der Waals surface area contributed by atoms with E-state index < -0.39 is 5.97 Å². The highest BCUT2D eigenvalue weighted by Gasteiger charge is 2.20. The molecule has 3 rings (SSSR count). The lowest BCUT2D eigenvalue weighted by atomic mass is 9.85. The normalized spacial score (nSPS) is 17.5. The Kier molecular flexibility index (Phi) is 8.45. The Morgan fingerprint density at radius 2 is 1.71 bits per heavy atom. The lowest BCUT2D eigenvalue weighted by Crippen LogP contribution is -2.14. The Labute approximate surface area is 185 Å². The van der Waals surface area contributed by atoms with Gasteiger partial charge in [0.05, 0.1) is 12.2 Å². The standard InChI is InChI=1S/C27H32O4/c1-3-4-5-6-17-30-24-14-10-22(11-15-24)27(29)31-25-12-8-21(9-13-25)19-23-18-20(2)7-16-26(23)28/h8-15,19-20H,3-7,16-18H2,1-2H3/b23-19-. The maximum atomic E-state index is 12.4. The van der Waals surface area contributed by atoms with Gasteiger partial charge in [-0.2, -0.15) is 0 Å². The van der Waals surface area contributed by atoms with Crippen molar-refractivity contribution in [1.82, 2.24) is 0 Å². The number of Topliss-reactive ketones (excluding diaryl/α,β-unsaturated/α-hetero) is 1. The van der Waals surface area contributed by atoms with E-state index in [9.17, 15) is 9.59 Å². The topological polar surface area (TPSA) is 52.6 Å². The Morgan fingerprint density at radius 3 is 2.42 bits per heavy atom. The SMILES string of the molecule is CCCCCCOc1ccc(C(=O)Oc2ccc(/C=C3/CC(C)CCC3=O)cc2)cc1.